The molecule has 0 saturated carbocycles. The van der Waals surface area contributed by atoms with Crippen LogP contribution < -0.4 is 40.9 Å². The minimum Gasteiger partial charge on any atom is -0.368 e. The van der Waals surface area contributed by atoms with Gasteiger partial charge in [-0.2, -0.15) is 13.2 Å². The van der Waals surface area contributed by atoms with Crippen molar-refractivity contribution in [3.05, 3.63) is 234 Å². The van der Waals surface area contributed by atoms with Crippen LogP contribution in [0.15, 0.2) is 171 Å². The van der Waals surface area contributed by atoms with Gasteiger partial charge in [-0.15, -0.1) is 0 Å². The summed E-state index contributed by atoms with van der Waals surface area (Å²) in [4.78, 5) is 88.2. The van der Waals surface area contributed by atoms with Crippen LogP contribution in [-0.4, -0.2) is 233 Å². The first-order valence-electron chi connectivity index (χ1n) is 48.4. The molecule has 20 rings (SSSR count). The fourth-order valence-corrected chi connectivity index (χ4v) is 23.4. The Hall–Kier alpha value is -9.62. The molecule has 8 aliphatic heterocycles. The second-order valence-corrected chi connectivity index (χ2v) is 41.9. The molecule has 0 aliphatic carbocycles. The molecule has 0 bridgehead atoms. The highest BCUT2D eigenvalue weighted by Gasteiger charge is 2.45. The molecule has 138 heavy (non-hydrogen) atoms. The molecule has 4 aromatic heterocycles. The van der Waals surface area contributed by atoms with Crippen LogP contribution in [0.2, 0.25) is 35.2 Å². The number of rotatable bonds is 17. The smallest absolute Gasteiger partial charge is 0.368 e. The Morgan fingerprint density at radius 3 is 1.13 bits per heavy atom. The van der Waals surface area contributed by atoms with Crippen molar-refractivity contribution in [2.45, 2.75) is 205 Å². The van der Waals surface area contributed by atoms with Crippen LogP contribution in [0.3, 0.4) is 0 Å². The second kappa shape index (κ2) is 42.3. The van der Waals surface area contributed by atoms with Crippen LogP contribution in [-0.2, 0) is 25.4 Å². The highest BCUT2D eigenvalue weighted by Crippen LogP contribution is 2.43. The number of carbonyl (C=O) groups is 4. The number of aromatic nitrogens is 8. The summed E-state index contributed by atoms with van der Waals surface area (Å²) in [6.45, 7) is 33.6. The van der Waals surface area contributed by atoms with Crippen molar-refractivity contribution in [2.24, 2.45) is 0 Å². The predicted molar refractivity (Wildman–Crippen MR) is 552 cm³/mol. The lowest BCUT2D eigenvalue weighted by Gasteiger charge is -2.48. The van der Waals surface area contributed by atoms with Crippen LogP contribution in [0.1, 0.15) is 179 Å². The van der Waals surface area contributed by atoms with E-state index >= 15 is 0 Å². The number of hydrogen-bond acceptors (Lipinski definition) is 16. The van der Waals surface area contributed by atoms with Crippen LogP contribution in [0.25, 0.3) is 44.1 Å². The van der Waals surface area contributed by atoms with E-state index in [1.165, 1.54) is 12.1 Å². The van der Waals surface area contributed by atoms with Crippen molar-refractivity contribution < 1.29 is 32.3 Å². The molecule has 4 amide bonds. The number of piperazine rings is 4. The predicted octanol–water partition coefficient (Wildman–Crippen LogP) is 20.5. The quantitative estimate of drug-likeness (QED) is 0.0667. The fraction of sp³-hybridized carbons (Fsp3) is 0.462. The lowest BCUT2D eigenvalue weighted by molar-refractivity contribution is -0.140. The summed E-state index contributed by atoms with van der Waals surface area (Å²) in [5.41, 5.74) is 13.6. The highest BCUT2D eigenvalue weighted by atomic mass is 35.5. The van der Waals surface area contributed by atoms with Gasteiger partial charge >= 0.3 is 6.18 Å². The Labute approximate surface area is 840 Å². The van der Waals surface area contributed by atoms with Gasteiger partial charge in [0.15, 0.2) is 0 Å². The molecule has 11 atom stereocenters. The molecule has 8 aliphatic rings. The van der Waals surface area contributed by atoms with E-state index in [2.05, 4.69) is 199 Å². The van der Waals surface area contributed by atoms with Crippen LogP contribution in [0, 0.1) is 0 Å². The number of fused-ring (bicyclic) bond motifs is 4. The normalized spacial score (nSPS) is 22.3. The number of nitrogens with one attached hydrogen (secondary N) is 4. The lowest BCUT2D eigenvalue weighted by Crippen LogP contribution is -2.63. The molecule has 0 radical (unpaired) electrons. The first-order chi connectivity index (χ1) is 66.1. The van der Waals surface area contributed by atoms with Gasteiger partial charge in [0, 0.05) is 155 Å². The zero-order valence-electron chi connectivity index (χ0n) is 79.7. The third kappa shape index (κ3) is 21.3. The molecule has 8 saturated heterocycles. The minimum absolute atomic E-state index is 0.00696. The number of carbonyl (C=O) groups excluding carboxylic acids is 4. The molecule has 8 unspecified atom stereocenters. The molecule has 24 nitrogen and oxygen atoms in total. The van der Waals surface area contributed by atoms with E-state index < -0.39 is 23.3 Å². The third-order valence-electron chi connectivity index (χ3n) is 29.5. The monoisotopic (exact) mass is 2020 g/mol. The first kappa shape index (κ1) is 99.9. The lowest BCUT2D eigenvalue weighted by atomic mass is 9.96. The number of hydrogen-bond donors (Lipinski definition) is 4. The van der Waals surface area contributed by atoms with E-state index in [-0.39, 0.29) is 94.1 Å². The Morgan fingerprint density at radius 2 is 0.768 bits per heavy atom. The summed E-state index contributed by atoms with van der Waals surface area (Å²) in [5, 5.41) is 17.3. The molecule has 4 N–H and O–H groups in total. The summed E-state index contributed by atoms with van der Waals surface area (Å²) in [7, 11) is 0. The van der Waals surface area contributed by atoms with Crippen LogP contribution in [0.5, 0.6) is 0 Å². The Morgan fingerprint density at radius 1 is 0.413 bits per heavy atom. The van der Waals surface area contributed by atoms with Gasteiger partial charge in [0.25, 0.3) is 0 Å². The van der Waals surface area contributed by atoms with Gasteiger partial charge in [-0.05, 0) is 290 Å². The van der Waals surface area contributed by atoms with E-state index in [1.54, 1.807) is 36.0 Å². The van der Waals surface area contributed by atoms with E-state index in [9.17, 15) is 32.3 Å². The SMILES string of the molecule is CC(c1ccc(Cl)cc1C(F)(F)F)n1cnc2ccc(N3CCN(C(=O)C4CCCN4)[C@H](C)C3)cc21.CC(c1ccc(Cl)cc1Cl)n1cnc2ccc(N3CCN(C(=O)C4(C)CCCN4)[C@H](C)C3)cc21.CC(c1ccc(Cl)cc1Cl)n1cnc2ccc(N3CCN(C(=O)C4CCCN4)C(C)(C)C3)cc21.CC[C@@H]1CN(c2ccc3ncn(C(C)c4ccc(Cl)cc4Cl)c3c2)CCN1C(=O)C1CCCN1. The van der Waals surface area contributed by atoms with Crippen molar-refractivity contribution in [2.75, 3.05) is 124 Å². The summed E-state index contributed by atoms with van der Waals surface area (Å²) < 4.78 is 49.5. The molecule has 12 aromatic rings. The third-order valence-corrected chi connectivity index (χ3v) is 31.4. The van der Waals surface area contributed by atoms with E-state index in [4.69, 9.17) is 81.2 Å². The maximum Gasteiger partial charge on any atom is 0.416 e. The Kier molecular flexibility index (Phi) is 30.6. The number of nitrogens with zero attached hydrogens (tertiary/aromatic N) is 16. The van der Waals surface area contributed by atoms with Gasteiger partial charge in [-0.1, -0.05) is 112 Å². The Bertz CT molecular complexity index is 6420. The molecule has 34 heteroatoms. The summed E-state index contributed by atoms with van der Waals surface area (Å²) >= 11 is 43.7. The molecule has 0 spiro atoms. The van der Waals surface area contributed by atoms with Gasteiger partial charge in [-0.25, -0.2) is 19.9 Å². The minimum atomic E-state index is -4.52. The van der Waals surface area contributed by atoms with Gasteiger partial charge in [0.05, 0.1) is 128 Å². The zero-order valence-corrected chi connectivity index (χ0v) is 85.0. The molecular weight excluding hydrogens is 1900 g/mol. The first-order valence-corrected chi connectivity index (χ1v) is 51.0. The standard InChI is InChI=1S/3C26H31Cl2N5O.C26H29ClF3N5O/c1-17-15-31(11-12-32(17)25(34)26(3)9-4-10-30-26)20-6-8-23-24(14-20)33(16-29-23)18(2)21-7-5-19(27)13-22(21)28;1-17(20-8-6-18(27)13-21(20)28)32-16-30-22-9-7-19(14-24(22)32)31-11-12-33(26(2,3)15-31)25(34)23-5-4-10-29-23;1-3-19-15-31(11-12-32(19)26(34)24-5-4-10-29-24)20-7-9-23-25(14-20)33(16-30-23)17(2)21-8-6-18(27)13-22(21)28;1-16-14-33(10-11-34(16)25(36)23-4-3-9-31-23)19-6-8-22-24(13-19)35(15-32-22)17(2)20-7-5-18(27)12-21(20)26(28,29)30/h5-8,13-14,16-18,30H,4,9-12,15H2,1-3H3;6-9,13-14,16-17,23,29H,4-5,10-12,15H2,1-3H3;6-9,13-14,16-17,19,24,29H,3-5,10-12,15H2,1-2H3;5-8,12-13,15-17,23,31H,3-4,9-11,14H2,1-2H3/t17-,18?,26?;;17?,19-,24?;16-,17?,23?/m1.11/s1. The van der Waals surface area contributed by atoms with E-state index in [1.807, 2.05) is 85.4 Å². The maximum absolute atomic E-state index is 13.8. The topological polar surface area (TPSA) is 214 Å². The summed E-state index contributed by atoms with van der Waals surface area (Å²) in [5.74, 6) is 0.917. The average Bonchev–Trinajstić information content (AvgIpc) is 0.975. The second-order valence-electron chi connectivity index (χ2n) is 38.9. The van der Waals surface area contributed by atoms with E-state index in [0.717, 1.165) is 227 Å². The Balaban J connectivity index is 0.000000127. The molecular formula is C104H122Cl7F3N20O4. The number of halogens is 10. The van der Waals surface area contributed by atoms with Crippen molar-refractivity contribution >= 4 is 172 Å². The number of alkyl halides is 3. The van der Waals surface area contributed by atoms with Crippen molar-refractivity contribution in [1.29, 1.82) is 0 Å². The molecule has 732 valence electrons. The number of anilines is 4. The van der Waals surface area contributed by atoms with Crippen LogP contribution >= 0.6 is 81.2 Å². The van der Waals surface area contributed by atoms with Gasteiger partial charge in [-0.3, -0.25) is 19.2 Å². The van der Waals surface area contributed by atoms with Gasteiger partial charge in [0.2, 0.25) is 23.6 Å². The van der Waals surface area contributed by atoms with Gasteiger partial charge in [0.1, 0.15) is 0 Å². The van der Waals surface area contributed by atoms with Crippen LogP contribution in [0.4, 0.5) is 35.9 Å². The molecule has 8 aromatic carbocycles. The van der Waals surface area contributed by atoms with Crippen molar-refractivity contribution in [1.82, 2.24) is 79.1 Å². The van der Waals surface area contributed by atoms with Crippen molar-refractivity contribution in [3.8, 4) is 0 Å². The highest BCUT2D eigenvalue weighted by molar-refractivity contribution is 6.36. The number of imidazole rings is 4. The summed E-state index contributed by atoms with van der Waals surface area (Å²) in [6, 6.07) is 45.6. The molecule has 12 heterocycles. The van der Waals surface area contributed by atoms with Crippen molar-refractivity contribution in [3.63, 3.8) is 0 Å². The fourth-order valence-electron chi connectivity index (χ4n) is 21.5. The number of amides is 4. The molecule has 8 fully saturated rings. The number of benzene rings is 8. The summed E-state index contributed by atoms with van der Waals surface area (Å²) in [6.07, 6.45) is 11.6. The zero-order chi connectivity index (χ0) is 97.5. The van der Waals surface area contributed by atoms with Gasteiger partial charge < -0.3 is 78.7 Å². The maximum atomic E-state index is 13.8. The largest absolute Gasteiger partial charge is 0.416 e. The average molecular weight is 2020 g/mol. The van der Waals surface area contributed by atoms with E-state index in [0.29, 0.717) is 55.3 Å².